The van der Waals surface area contributed by atoms with Gasteiger partial charge in [-0.25, -0.2) is 0 Å². The molecular formula is C10H21BrS. The summed E-state index contributed by atoms with van der Waals surface area (Å²) in [6.45, 7) is 9.21. The predicted molar refractivity (Wildman–Crippen MR) is 64.4 cm³/mol. The van der Waals surface area contributed by atoms with Gasteiger partial charge >= 0.3 is 0 Å². The van der Waals surface area contributed by atoms with Crippen LogP contribution in [0.15, 0.2) is 0 Å². The summed E-state index contributed by atoms with van der Waals surface area (Å²) >= 11 is 5.63. The van der Waals surface area contributed by atoms with E-state index in [-0.39, 0.29) is 0 Å². The number of alkyl halides is 1. The number of thioether (sulfide) groups is 1. The normalized spacial score (nSPS) is 14.8. The molecule has 0 saturated heterocycles. The molecule has 0 aromatic carbocycles. The van der Waals surface area contributed by atoms with Crippen molar-refractivity contribution < 1.29 is 0 Å². The number of halogens is 1. The second kappa shape index (κ2) is 6.31. The van der Waals surface area contributed by atoms with Crippen molar-refractivity contribution in [1.29, 1.82) is 0 Å². The van der Waals surface area contributed by atoms with Gasteiger partial charge in [0, 0.05) is 5.33 Å². The van der Waals surface area contributed by atoms with E-state index in [0.29, 0.717) is 5.41 Å². The van der Waals surface area contributed by atoms with Gasteiger partial charge in [0.15, 0.2) is 0 Å². The minimum absolute atomic E-state index is 0.456. The lowest BCUT2D eigenvalue weighted by molar-refractivity contribution is 0.495. The Labute approximate surface area is 90.0 Å². The summed E-state index contributed by atoms with van der Waals surface area (Å²) in [5, 5.41) is 1.10. The second-order valence-electron chi connectivity index (χ2n) is 4.33. The van der Waals surface area contributed by atoms with E-state index >= 15 is 0 Å². The molecule has 0 aromatic heterocycles. The van der Waals surface area contributed by atoms with E-state index < -0.39 is 0 Å². The van der Waals surface area contributed by atoms with E-state index in [9.17, 15) is 0 Å². The van der Waals surface area contributed by atoms with E-state index in [1.165, 1.54) is 17.9 Å². The van der Waals surface area contributed by atoms with Crippen molar-refractivity contribution in [3.05, 3.63) is 0 Å². The zero-order valence-corrected chi connectivity index (χ0v) is 11.1. The Morgan fingerprint density at radius 2 is 2.00 bits per heavy atom. The van der Waals surface area contributed by atoms with Gasteiger partial charge in [-0.1, -0.05) is 50.0 Å². The Bertz CT molecular complexity index is 112. The molecule has 0 radical (unpaired) electrons. The molecule has 0 nitrogen and oxygen atoms in total. The van der Waals surface area contributed by atoms with Gasteiger partial charge in [0.1, 0.15) is 0 Å². The van der Waals surface area contributed by atoms with Crippen molar-refractivity contribution in [3.8, 4) is 0 Å². The van der Waals surface area contributed by atoms with Crippen LogP contribution in [0.3, 0.4) is 0 Å². The third kappa shape index (κ3) is 6.36. The molecule has 0 aliphatic heterocycles. The van der Waals surface area contributed by atoms with E-state index in [1.54, 1.807) is 0 Å². The van der Waals surface area contributed by atoms with Crippen molar-refractivity contribution >= 4 is 27.7 Å². The minimum atomic E-state index is 0.456. The molecule has 1 atom stereocenters. The zero-order valence-electron chi connectivity index (χ0n) is 8.69. The summed E-state index contributed by atoms with van der Waals surface area (Å²) in [6, 6.07) is 0. The predicted octanol–water partition coefficient (Wildman–Crippen LogP) is 4.19. The first kappa shape index (κ1) is 12.8. The van der Waals surface area contributed by atoms with Crippen molar-refractivity contribution in [1.82, 2.24) is 0 Å². The lowest BCUT2D eigenvalue weighted by atomic mass is 10.0. The highest BCUT2D eigenvalue weighted by Gasteiger charge is 2.15. The van der Waals surface area contributed by atoms with Gasteiger partial charge < -0.3 is 0 Å². The molecule has 0 bridgehead atoms. The van der Waals surface area contributed by atoms with E-state index in [2.05, 4.69) is 55.4 Å². The highest BCUT2D eigenvalue weighted by atomic mass is 79.9. The molecule has 2 heteroatoms. The average Bonchev–Trinajstić information content (AvgIpc) is 2.04. The average molecular weight is 253 g/mol. The van der Waals surface area contributed by atoms with Gasteiger partial charge in [0.2, 0.25) is 0 Å². The Balaban J connectivity index is 3.42. The smallest absolute Gasteiger partial charge is 0.00905 e. The van der Waals surface area contributed by atoms with Crippen LogP contribution in [0.4, 0.5) is 0 Å². The fourth-order valence-corrected chi connectivity index (χ4v) is 2.56. The molecule has 0 spiro atoms. The molecule has 0 aromatic rings. The minimum Gasteiger partial charge on any atom is -0.161 e. The summed E-state index contributed by atoms with van der Waals surface area (Å²) < 4.78 is 0. The van der Waals surface area contributed by atoms with Crippen LogP contribution in [0.1, 0.15) is 34.1 Å². The Kier molecular flexibility index (Phi) is 6.75. The SMILES string of the molecule is CCC(C)CSCC(C)(C)CBr. The topological polar surface area (TPSA) is 0 Å². The standard InChI is InChI=1S/C10H21BrS/c1-5-9(2)6-12-8-10(3,4)7-11/h9H,5-8H2,1-4H3. The molecule has 74 valence electrons. The first-order chi connectivity index (χ1) is 5.52. The number of hydrogen-bond acceptors (Lipinski definition) is 1. The zero-order chi connectivity index (χ0) is 9.61. The molecule has 0 saturated carbocycles. The third-order valence-corrected chi connectivity index (χ3v) is 5.26. The monoisotopic (exact) mass is 252 g/mol. The fraction of sp³-hybridized carbons (Fsp3) is 1.00. The van der Waals surface area contributed by atoms with E-state index in [4.69, 9.17) is 0 Å². The maximum Gasteiger partial charge on any atom is 0.00905 e. The van der Waals surface area contributed by atoms with Crippen LogP contribution in [0.25, 0.3) is 0 Å². The molecular weight excluding hydrogens is 232 g/mol. The summed E-state index contributed by atoms with van der Waals surface area (Å²) in [7, 11) is 0. The van der Waals surface area contributed by atoms with Crippen LogP contribution < -0.4 is 0 Å². The Hall–Kier alpha value is 0.830. The molecule has 0 heterocycles. The Morgan fingerprint density at radius 1 is 1.42 bits per heavy atom. The maximum absolute atomic E-state index is 3.54. The van der Waals surface area contributed by atoms with Crippen LogP contribution >= 0.6 is 27.7 Å². The van der Waals surface area contributed by atoms with Crippen molar-refractivity contribution in [3.63, 3.8) is 0 Å². The highest BCUT2D eigenvalue weighted by Crippen LogP contribution is 2.25. The van der Waals surface area contributed by atoms with E-state index in [0.717, 1.165) is 11.2 Å². The van der Waals surface area contributed by atoms with Gasteiger partial charge in [-0.15, -0.1) is 0 Å². The summed E-state index contributed by atoms with van der Waals surface area (Å²) in [5.74, 6) is 3.45. The summed E-state index contributed by atoms with van der Waals surface area (Å²) in [4.78, 5) is 0. The molecule has 1 unspecified atom stereocenters. The van der Waals surface area contributed by atoms with Gasteiger partial charge in [0.25, 0.3) is 0 Å². The number of hydrogen-bond donors (Lipinski definition) is 0. The Morgan fingerprint density at radius 3 is 2.42 bits per heavy atom. The molecule has 0 amide bonds. The van der Waals surface area contributed by atoms with Crippen LogP contribution in [0.5, 0.6) is 0 Å². The molecule has 0 N–H and O–H groups in total. The van der Waals surface area contributed by atoms with Crippen LogP contribution in [-0.2, 0) is 0 Å². The summed E-state index contributed by atoms with van der Waals surface area (Å²) in [6.07, 6.45) is 1.31. The summed E-state index contributed by atoms with van der Waals surface area (Å²) in [5.41, 5.74) is 0.456. The second-order valence-corrected chi connectivity index (χ2v) is 5.92. The van der Waals surface area contributed by atoms with Gasteiger partial charge in [0.05, 0.1) is 0 Å². The molecule has 0 fully saturated rings. The first-order valence-corrected chi connectivity index (χ1v) is 6.93. The maximum atomic E-state index is 3.54. The quantitative estimate of drug-likeness (QED) is 0.640. The lowest BCUT2D eigenvalue weighted by Crippen LogP contribution is -2.17. The molecule has 12 heavy (non-hydrogen) atoms. The number of rotatable bonds is 6. The van der Waals surface area contributed by atoms with Crippen molar-refractivity contribution in [2.75, 3.05) is 16.8 Å². The van der Waals surface area contributed by atoms with Gasteiger partial charge in [-0.2, -0.15) is 11.8 Å². The van der Waals surface area contributed by atoms with E-state index in [1.807, 2.05) is 0 Å². The first-order valence-electron chi connectivity index (χ1n) is 4.65. The van der Waals surface area contributed by atoms with Crippen LogP contribution in [0.2, 0.25) is 0 Å². The fourth-order valence-electron chi connectivity index (χ4n) is 0.693. The molecule has 0 aliphatic rings. The largest absolute Gasteiger partial charge is 0.161 e. The van der Waals surface area contributed by atoms with Crippen LogP contribution in [-0.4, -0.2) is 16.8 Å². The molecule has 0 aliphatic carbocycles. The molecule has 0 rings (SSSR count). The van der Waals surface area contributed by atoms with Gasteiger partial charge in [-0.3, -0.25) is 0 Å². The highest BCUT2D eigenvalue weighted by molar-refractivity contribution is 9.09. The third-order valence-electron chi connectivity index (χ3n) is 1.95. The lowest BCUT2D eigenvalue weighted by Gasteiger charge is -2.21. The van der Waals surface area contributed by atoms with Crippen molar-refractivity contribution in [2.45, 2.75) is 34.1 Å². The van der Waals surface area contributed by atoms with Gasteiger partial charge in [-0.05, 0) is 22.8 Å². The van der Waals surface area contributed by atoms with Crippen LogP contribution in [0, 0.1) is 11.3 Å². The van der Waals surface area contributed by atoms with Crippen molar-refractivity contribution in [2.24, 2.45) is 11.3 Å².